The SMILES string of the molecule is [Ir].[c-]1cc(-c2ccccc2-c2cc(CCc3c[c-]c(N4[CH-]N(c5ccccc5)CC4)cc3)cc(CCc3c[c-]c(N4[CH-]N(c5ccccc5)CC4)cc3)c2)ccc1-c1cc(-c2ccc(-c3ccccc3)cc2)ccn1. The summed E-state index contributed by atoms with van der Waals surface area (Å²) in [5.74, 6) is 0. The first-order chi connectivity index (χ1) is 36.6. The van der Waals surface area contributed by atoms with Crippen LogP contribution in [0.15, 0.2) is 231 Å². The fraction of sp³-hybridized carbons (Fsp3) is 0.116. The van der Waals surface area contributed by atoms with Crippen molar-refractivity contribution >= 4 is 22.7 Å². The van der Waals surface area contributed by atoms with Crippen LogP contribution in [0.5, 0.6) is 0 Å². The zero-order chi connectivity index (χ0) is 49.5. The summed E-state index contributed by atoms with van der Waals surface area (Å²) < 4.78 is 0. The van der Waals surface area contributed by atoms with Gasteiger partial charge in [-0.2, -0.15) is 73.0 Å². The molecule has 0 saturated carbocycles. The molecule has 0 unspecified atom stereocenters. The summed E-state index contributed by atoms with van der Waals surface area (Å²) in [6.45, 7) is 8.20. The molecule has 0 N–H and O–H groups in total. The van der Waals surface area contributed by atoms with Gasteiger partial charge in [0.1, 0.15) is 0 Å². The summed E-state index contributed by atoms with van der Waals surface area (Å²) in [6, 6.07) is 91.5. The van der Waals surface area contributed by atoms with Gasteiger partial charge in [0.15, 0.2) is 0 Å². The van der Waals surface area contributed by atoms with Crippen molar-refractivity contribution in [2.45, 2.75) is 25.7 Å². The van der Waals surface area contributed by atoms with Gasteiger partial charge in [0.2, 0.25) is 0 Å². The summed E-state index contributed by atoms with van der Waals surface area (Å²) in [4.78, 5) is 14.0. The van der Waals surface area contributed by atoms with E-state index < -0.39 is 0 Å². The predicted octanol–water partition coefficient (Wildman–Crippen LogP) is 15.3. The van der Waals surface area contributed by atoms with Crippen LogP contribution in [0.25, 0.3) is 55.8 Å². The summed E-state index contributed by atoms with van der Waals surface area (Å²) in [7, 11) is 0. The predicted molar refractivity (Wildman–Crippen MR) is 306 cm³/mol. The average Bonchev–Trinajstić information content (AvgIpc) is 4.20. The maximum absolute atomic E-state index is 4.79. The van der Waals surface area contributed by atoms with Gasteiger partial charge in [0.05, 0.1) is 0 Å². The molecule has 10 aromatic rings. The van der Waals surface area contributed by atoms with E-state index >= 15 is 0 Å². The van der Waals surface area contributed by atoms with E-state index in [4.69, 9.17) is 4.98 Å². The first-order valence-electron chi connectivity index (χ1n) is 25.9. The molecular weight excluding hydrogens is 1090 g/mol. The molecule has 0 bridgehead atoms. The van der Waals surface area contributed by atoms with Gasteiger partial charge in [-0.25, -0.2) is 0 Å². The van der Waals surface area contributed by atoms with Gasteiger partial charge in [0, 0.05) is 63.9 Å². The maximum Gasteiger partial charge on any atom is 0.0166 e. The van der Waals surface area contributed by atoms with E-state index in [2.05, 4.69) is 276 Å². The first-order valence-corrected chi connectivity index (χ1v) is 25.9. The summed E-state index contributed by atoms with van der Waals surface area (Å²) >= 11 is 0. The van der Waals surface area contributed by atoms with E-state index in [1.54, 1.807) is 0 Å². The fourth-order valence-electron chi connectivity index (χ4n) is 10.3. The number of aryl methyl sites for hydroxylation is 4. The van der Waals surface area contributed by atoms with E-state index in [1.165, 1.54) is 61.4 Å². The molecule has 0 spiro atoms. The number of benzene rings is 9. The molecule has 0 atom stereocenters. The van der Waals surface area contributed by atoms with Crippen LogP contribution < -0.4 is 19.6 Å². The molecule has 2 aliphatic heterocycles. The van der Waals surface area contributed by atoms with Crippen molar-refractivity contribution in [1.29, 1.82) is 0 Å². The number of anilines is 4. The topological polar surface area (TPSA) is 25.9 Å². The molecule has 6 heteroatoms. The minimum atomic E-state index is 0. The van der Waals surface area contributed by atoms with Gasteiger partial charge in [-0.15, -0.1) is 41.2 Å². The number of aromatic nitrogens is 1. The largest absolute Gasteiger partial charge is 0.522 e. The minimum absolute atomic E-state index is 0. The number of nitrogens with zero attached hydrogens (tertiary/aromatic N) is 5. The second-order valence-corrected chi connectivity index (χ2v) is 19.3. The fourth-order valence-corrected chi connectivity index (χ4v) is 10.3. The second-order valence-electron chi connectivity index (χ2n) is 19.3. The van der Waals surface area contributed by atoms with Crippen molar-refractivity contribution in [2.24, 2.45) is 0 Å². The Kier molecular flexibility index (Phi) is 15.1. The summed E-state index contributed by atoms with van der Waals surface area (Å²) in [6.07, 6.45) is 5.61. The van der Waals surface area contributed by atoms with Gasteiger partial charge in [-0.1, -0.05) is 163 Å². The molecule has 1 aromatic heterocycles. The first kappa shape index (κ1) is 49.2. The van der Waals surface area contributed by atoms with Gasteiger partial charge in [0.25, 0.3) is 0 Å². The third-order valence-electron chi connectivity index (χ3n) is 14.4. The molecule has 12 rings (SSSR count). The Hall–Kier alpha value is -8.02. The van der Waals surface area contributed by atoms with Crippen LogP contribution in [-0.2, 0) is 45.8 Å². The second kappa shape index (κ2) is 23.0. The minimum Gasteiger partial charge on any atom is -0.522 e. The van der Waals surface area contributed by atoms with Crippen LogP contribution in [-0.4, -0.2) is 31.2 Å². The summed E-state index contributed by atoms with van der Waals surface area (Å²) in [5, 5.41) is 0. The Bertz CT molecular complexity index is 3320. The van der Waals surface area contributed by atoms with E-state index in [0.29, 0.717) is 0 Å². The Morgan fingerprint density at radius 2 is 0.827 bits per heavy atom. The van der Waals surface area contributed by atoms with Gasteiger partial charge < -0.3 is 24.6 Å². The Morgan fingerprint density at radius 1 is 0.360 bits per heavy atom. The normalized spacial score (nSPS) is 13.3. The van der Waals surface area contributed by atoms with E-state index in [1.807, 2.05) is 6.20 Å². The molecule has 75 heavy (non-hydrogen) atoms. The van der Waals surface area contributed by atoms with Crippen LogP contribution in [0.3, 0.4) is 0 Å². The quantitative estimate of drug-likeness (QED) is 0.0953. The van der Waals surface area contributed by atoms with E-state index in [-0.39, 0.29) is 20.1 Å². The van der Waals surface area contributed by atoms with Crippen LogP contribution >= 0.6 is 0 Å². The number of hydrogen-bond acceptors (Lipinski definition) is 5. The Morgan fingerprint density at radius 3 is 1.35 bits per heavy atom. The van der Waals surface area contributed by atoms with Crippen molar-refractivity contribution in [3.05, 3.63) is 284 Å². The van der Waals surface area contributed by atoms with Crippen molar-refractivity contribution in [3.8, 4) is 55.8 Å². The molecule has 0 aliphatic carbocycles. The van der Waals surface area contributed by atoms with Crippen molar-refractivity contribution in [2.75, 3.05) is 45.8 Å². The van der Waals surface area contributed by atoms with Crippen molar-refractivity contribution < 1.29 is 20.1 Å². The van der Waals surface area contributed by atoms with Gasteiger partial charge in [-0.05, 0) is 93.4 Å². The molecule has 2 aliphatic rings. The molecule has 9 aromatic carbocycles. The smallest absolute Gasteiger partial charge is 0.0166 e. The molecule has 1 radical (unpaired) electrons. The molecular formula is C69H56IrN5-5. The molecule has 3 heterocycles. The average molecular weight is 1150 g/mol. The van der Waals surface area contributed by atoms with Crippen molar-refractivity contribution in [3.63, 3.8) is 0 Å². The molecule has 371 valence electrons. The standard InChI is InChI=1S/C69H56N5.Ir/c1-4-12-56(13-5-1)57-28-30-58(31-29-57)61-40-41-70-69(49-61)60-34-32-59(33-35-60)67-18-10-11-19-68(67)62-47-54(22-20-52-24-36-65(37-25-52)73-44-42-71(50-73)63-14-6-2-7-15-63)46-55(48-62)23-21-53-26-38-66(39-27-53)74-45-43-72(51-74)64-16-8-3-9-17-64;/h1-19,24-34,36,38,40-41,46-51H,20-23,42-45H2;/q-5;. The maximum atomic E-state index is 4.79. The Labute approximate surface area is 456 Å². The van der Waals surface area contributed by atoms with E-state index in [0.717, 1.165) is 91.2 Å². The zero-order valence-corrected chi connectivity index (χ0v) is 44.2. The molecule has 5 nitrogen and oxygen atoms in total. The number of rotatable bonds is 15. The third-order valence-corrected chi connectivity index (χ3v) is 14.4. The van der Waals surface area contributed by atoms with Crippen molar-refractivity contribution in [1.82, 2.24) is 4.98 Å². The molecule has 2 saturated heterocycles. The van der Waals surface area contributed by atoms with Gasteiger partial charge in [-0.3, -0.25) is 0 Å². The van der Waals surface area contributed by atoms with Gasteiger partial charge >= 0.3 is 0 Å². The van der Waals surface area contributed by atoms with Crippen LogP contribution in [0.2, 0.25) is 0 Å². The number of pyridine rings is 1. The number of hydrogen-bond donors (Lipinski definition) is 0. The van der Waals surface area contributed by atoms with Crippen LogP contribution in [0.1, 0.15) is 22.3 Å². The summed E-state index contributed by atoms with van der Waals surface area (Å²) in [5.41, 5.74) is 21.2. The number of para-hydroxylation sites is 2. The van der Waals surface area contributed by atoms with E-state index in [9.17, 15) is 0 Å². The molecule has 2 fully saturated rings. The Balaban J connectivity index is 0.00000602. The zero-order valence-electron chi connectivity index (χ0n) is 41.8. The monoisotopic (exact) mass is 1150 g/mol. The van der Waals surface area contributed by atoms with Crippen LogP contribution in [0.4, 0.5) is 22.7 Å². The molecule has 0 amide bonds. The van der Waals surface area contributed by atoms with Crippen LogP contribution in [0, 0.1) is 31.5 Å². The third kappa shape index (κ3) is 11.5.